The van der Waals surface area contributed by atoms with Gasteiger partial charge in [0.05, 0.1) is 12.7 Å². The molecule has 1 saturated heterocycles. The number of aromatic amines is 1. The van der Waals surface area contributed by atoms with Gasteiger partial charge in [-0.3, -0.25) is 14.3 Å². The molecule has 0 spiro atoms. The molecule has 11 heteroatoms. The molecule has 2 rings (SSSR count). The van der Waals surface area contributed by atoms with Crippen molar-refractivity contribution in [3.8, 4) is 11.8 Å². The molecular weight excluding hydrogens is 397 g/mol. The molecule has 0 unspecified atom stereocenters. The molecule has 1 N–H and O–H groups in total. The van der Waals surface area contributed by atoms with Crippen molar-refractivity contribution in [1.29, 1.82) is 0 Å². The zero-order valence-electron chi connectivity index (χ0n) is 16.2. The quantitative estimate of drug-likeness (QED) is 0.409. The standard InChI is InChI=1S/C18H23F3N2O6/c1-11(2)5-4-6-28-13-7-15(29-14(13)9-27-10-26-3)23-8-12(18(19,20)21)16(24)22-17(23)25/h8,11,13-15H,6-7,9-10H2,1-3H3,(H,22,24,25)/t13-,14+,15+/m0/s1. The van der Waals surface area contributed by atoms with Crippen molar-refractivity contribution < 1.29 is 32.1 Å². The van der Waals surface area contributed by atoms with Crippen LogP contribution >= 0.6 is 0 Å². The van der Waals surface area contributed by atoms with Gasteiger partial charge in [-0.05, 0) is 0 Å². The Morgan fingerprint density at radius 2 is 2.10 bits per heavy atom. The van der Waals surface area contributed by atoms with E-state index in [1.54, 1.807) is 4.98 Å². The highest BCUT2D eigenvalue weighted by atomic mass is 19.4. The lowest BCUT2D eigenvalue weighted by atomic mass is 10.2. The van der Waals surface area contributed by atoms with E-state index in [0.29, 0.717) is 10.8 Å². The molecule has 0 amide bonds. The summed E-state index contributed by atoms with van der Waals surface area (Å²) in [5, 5.41) is 0. The van der Waals surface area contributed by atoms with Gasteiger partial charge in [-0.15, -0.1) is 0 Å². The summed E-state index contributed by atoms with van der Waals surface area (Å²) in [6, 6.07) is 0. The Labute approximate surface area is 164 Å². The molecule has 3 atom stereocenters. The fourth-order valence-electron chi connectivity index (χ4n) is 2.74. The lowest BCUT2D eigenvalue weighted by molar-refractivity contribution is -0.140. The Hall–Kier alpha value is -2.13. The summed E-state index contributed by atoms with van der Waals surface area (Å²) < 4.78 is 61.2. The summed E-state index contributed by atoms with van der Waals surface area (Å²) in [7, 11) is 1.44. The van der Waals surface area contributed by atoms with E-state index in [2.05, 4.69) is 11.8 Å². The maximum absolute atomic E-state index is 13.0. The molecule has 162 valence electrons. The first-order chi connectivity index (χ1) is 13.6. The van der Waals surface area contributed by atoms with Crippen LogP contribution in [0.4, 0.5) is 13.2 Å². The van der Waals surface area contributed by atoms with Crippen molar-refractivity contribution in [3.05, 3.63) is 32.6 Å². The van der Waals surface area contributed by atoms with Crippen LogP contribution in [-0.4, -0.2) is 48.9 Å². The number of hydrogen-bond donors (Lipinski definition) is 1. The minimum atomic E-state index is -4.91. The minimum absolute atomic E-state index is 0.0127. The van der Waals surface area contributed by atoms with E-state index in [0.717, 1.165) is 0 Å². The van der Waals surface area contributed by atoms with Crippen molar-refractivity contribution in [2.45, 2.75) is 44.9 Å². The Morgan fingerprint density at radius 1 is 1.38 bits per heavy atom. The van der Waals surface area contributed by atoms with Gasteiger partial charge in [-0.25, -0.2) is 4.79 Å². The number of aromatic nitrogens is 2. The maximum atomic E-state index is 13.0. The van der Waals surface area contributed by atoms with Crippen LogP contribution in [0.25, 0.3) is 0 Å². The smallest absolute Gasteiger partial charge is 0.363 e. The molecule has 29 heavy (non-hydrogen) atoms. The number of methoxy groups -OCH3 is 1. The first-order valence-electron chi connectivity index (χ1n) is 8.88. The lowest BCUT2D eigenvalue weighted by Crippen LogP contribution is -2.36. The van der Waals surface area contributed by atoms with Crippen molar-refractivity contribution in [3.63, 3.8) is 0 Å². The maximum Gasteiger partial charge on any atom is 0.423 e. The third-order valence-electron chi connectivity index (χ3n) is 4.01. The Bertz CT molecular complexity index is 852. The van der Waals surface area contributed by atoms with Gasteiger partial charge in [0, 0.05) is 25.6 Å². The molecule has 0 bridgehead atoms. The van der Waals surface area contributed by atoms with E-state index in [-0.39, 0.29) is 32.3 Å². The Kier molecular flexibility index (Phi) is 8.04. The van der Waals surface area contributed by atoms with Crippen LogP contribution < -0.4 is 11.2 Å². The SMILES string of the molecule is COCOC[C@H]1O[C@@H](n2cc(C(F)(F)F)c(=O)[nH]c2=O)C[C@@H]1OCC#CC(C)C. The molecule has 0 saturated carbocycles. The highest BCUT2D eigenvalue weighted by Crippen LogP contribution is 2.32. The molecule has 1 aromatic heterocycles. The van der Waals surface area contributed by atoms with Crippen LogP contribution in [0.3, 0.4) is 0 Å². The monoisotopic (exact) mass is 420 g/mol. The first kappa shape index (κ1) is 23.2. The van der Waals surface area contributed by atoms with Gasteiger partial charge in [-0.1, -0.05) is 25.7 Å². The van der Waals surface area contributed by atoms with Crippen LogP contribution in [0.2, 0.25) is 0 Å². The van der Waals surface area contributed by atoms with Gasteiger partial charge < -0.3 is 18.9 Å². The van der Waals surface area contributed by atoms with Crippen molar-refractivity contribution in [2.24, 2.45) is 5.92 Å². The Balaban J connectivity index is 2.22. The molecule has 1 aliphatic heterocycles. The average Bonchev–Trinajstić information content (AvgIpc) is 3.00. The molecule has 1 fully saturated rings. The number of ether oxygens (including phenoxy) is 4. The summed E-state index contributed by atoms with van der Waals surface area (Å²) in [4.78, 5) is 25.2. The summed E-state index contributed by atoms with van der Waals surface area (Å²) in [5.41, 5.74) is -4.00. The number of hydrogen-bond acceptors (Lipinski definition) is 6. The van der Waals surface area contributed by atoms with E-state index in [9.17, 15) is 22.8 Å². The van der Waals surface area contributed by atoms with Crippen molar-refractivity contribution in [1.82, 2.24) is 9.55 Å². The lowest BCUT2D eigenvalue weighted by Gasteiger charge is -2.18. The molecular formula is C18H23F3N2O6. The summed E-state index contributed by atoms with van der Waals surface area (Å²) in [6.45, 7) is 3.96. The van der Waals surface area contributed by atoms with Crippen LogP contribution in [0.1, 0.15) is 32.1 Å². The highest BCUT2D eigenvalue weighted by molar-refractivity contribution is 5.09. The predicted octanol–water partition coefficient (Wildman–Crippen LogP) is 1.51. The van der Waals surface area contributed by atoms with Crippen LogP contribution in [0, 0.1) is 17.8 Å². The van der Waals surface area contributed by atoms with Gasteiger partial charge in [0.1, 0.15) is 31.3 Å². The molecule has 1 aromatic rings. The second kappa shape index (κ2) is 10.1. The third-order valence-corrected chi connectivity index (χ3v) is 4.01. The first-order valence-corrected chi connectivity index (χ1v) is 8.88. The van der Waals surface area contributed by atoms with E-state index in [1.807, 2.05) is 13.8 Å². The van der Waals surface area contributed by atoms with Gasteiger partial charge >= 0.3 is 11.9 Å². The van der Waals surface area contributed by atoms with Crippen LogP contribution in [0.15, 0.2) is 15.8 Å². The number of rotatable bonds is 7. The van der Waals surface area contributed by atoms with Crippen molar-refractivity contribution in [2.75, 3.05) is 27.1 Å². The van der Waals surface area contributed by atoms with E-state index < -0.39 is 41.4 Å². The number of H-pyrrole nitrogens is 1. The normalized spacial score (nSPS) is 22.0. The van der Waals surface area contributed by atoms with Crippen LogP contribution in [0.5, 0.6) is 0 Å². The summed E-state index contributed by atoms with van der Waals surface area (Å²) in [6.07, 6.45) is -6.69. The van der Waals surface area contributed by atoms with Crippen LogP contribution in [-0.2, 0) is 25.1 Å². The van der Waals surface area contributed by atoms with Crippen molar-refractivity contribution >= 4 is 0 Å². The molecule has 2 heterocycles. The van der Waals surface area contributed by atoms with Gasteiger partial charge in [0.15, 0.2) is 0 Å². The predicted molar refractivity (Wildman–Crippen MR) is 95.0 cm³/mol. The zero-order valence-corrected chi connectivity index (χ0v) is 16.2. The molecule has 0 aliphatic carbocycles. The Morgan fingerprint density at radius 3 is 2.72 bits per heavy atom. The molecule has 8 nitrogen and oxygen atoms in total. The number of halogens is 3. The number of nitrogens with one attached hydrogen (secondary N) is 1. The molecule has 0 aromatic carbocycles. The fraction of sp³-hybridized carbons (Fsp3) is 0.667. The fourth-order valence-corrected chi connectivity index (χ4v) is 2.74. The highest BCUT2D eigenvalue weighted by Gasteiger charge is 2.40. The average molecular weight is 420 g/mol. The topological polar surface area (TPSA) is 91.8 Å². The van der Waals surface area contributed by atoms with E-state index in [4.69, 9.17) is 18.9 Å². The number of nitrogens with zero attached hydrogens (tertiary/aromatic N) is 1. The van der Waals surface area contributed by atoms with Gasteiger partial charge in [0.25, 0.3) is 5.56 Å². The number of alkyl halides is 3. The second-order valence-corrected chi connectivity index (χ2v) is 6.67. The van der Waals surface area contributed by atoms with E-state index >= 15 is 0 Å². The second-order valence-electron chi connectivity index (χ2n) is 6.67. The van der Waals surface area contributed by atoms with E-state index in [1.165, 1.54) is 7.11 Å². The zero-order chi connectivity index (χ0) is 21.6. The summed E-state index contributed by atoms with van der Waals surface area (Å²) in [5.74, 6) is 5.94. The van der Waals surface area contributed by atoms with Gasteiger partial charge in [0.2, 0.25) is 0 Å². The molecule has 1 aliphatic rings. The summed E-state index contributed by atoms with van der Waals surface area (Å²) >= 11 is 0. The third kappa shape index (κ3) is 6.43. The minimum Gasteiger partial charge on any atom is -0.363 e. The largest absolute Gasteiger partial charge is 0.423 e. The van der Waals surface area contributed by atoms with Gasteiger partial charge in [-0.2, -0.15) is 13.2 Å². The molecule has 0 radical (unpaired) electrons.